The van der Waals surface area contributed by atoms with Crippen molar-refractivity contribution in [3.63, 3.8) is 0 Å². The molecule has 3 rings (SSSR count). The summed E-state index contributed by atoms with van der Waals surface area (Å²) in [5.74, 6) is -2.01. The van der Waals surface area contributed by atoms with Crippen molar-refractivity contribution in [2.24, 2.45) is 0 Å². The molecule has 0 bridgehead atoms. The molecule has 4 amide bonds. The summed E-state index contributed by atoms with van der Waals surface area (Å²) in [7, 11) is 0. The number of thiophene rings is 1. The molecule has 1 fully saturated rings. The van der Waals surface area contributed by atoms with E-state index >= 15 is 0 Å². The van der Waals surface area contributed by atoms with Gasteiger partial charge in [-0.15, -0.1) is 11.3 Å². The topological polar surface area (TPSA) is 66.5 Å². The Morgan fingerprint density at radius 2 is 1.78 bits per heavy atom. The molecule has 8 heteroatoms. The number of urea groups is 1. The van der Waals surface area contributed by atoms with Gasteiger partial charge in [0.1, 0.15) is 11.4 Å². The summed E-state index contributed by atoms with van der Waals surface area (Å²) in [5, 5.41) is 2.11. The smallest absolute Gasteiger partial charge is 0.273 e. The van der Waals surface area contributed by atoms with Gasteiger partial charge in [0, 0.05) is 4.88 Å². The summed E-state index contributed by atoms with van der Waals surface area (Å²) in [5.41, 5.74) is 0.0166. The van der Waals surface area contributed by atoms with E-state index in [1.807, 2.05) is 0 Å². The predicted octanol–water partition coefficient (Wildman–Crippen LogP) is 3.32. The molecule has 0 saturated carbocycles. The highest BCUT2D eigenvalue weighted by molar-refractivity contribution is 9.11. The highest BCUT2D eigenvalue weighted by atomic mass is 79.9. The zero-order chi connectivity index (χ0) is 16.6. The van der Waals surface area contributed by atoms with Crippen LogP contribution < -0.4 is 10.2 Å². The van der Waals surface area contributed by atoms with Gasteiger partial charge in [0.25, 0.3) is 11.8 Å². The Morgan fingerprint density at radius 1 is 1.09 bits per heavy atom. The van der Waals surface area contributed by atoms with E-state index in [0.717, 1.165) is 20.8 Å². The molecule has 1 aliphatic heterocycles. The fraction of sp³-hybridized carbons (Fsp3) is 0. The van der Waals surface area contributed by atoms with Gasteiger partial charge in [-0.1, -0.05) is 0 Å². The van der Waals surface area contributed by atoms with Crippen molar-refractivity contribution < 1.29 is 18.8 Å². The normalized spacial score (nSPS) is 16.9. The number of nitrogens with zero attached hydrogens (tertiary/aromatic N) is 1. The van der Waals surface area contributed by atoms with Crippen molar-refractivity contribution in [3.8, 4) is 0 Å². The van der Waals surface area contributed by atoms with Crippen LogP contribution in [-0.4, -0.2) is 17.8 Å². The lowest BCUT2D eigenvalue weighted by atomic mass is 10.1. The lowest BCUT2D eigenvalue weighted by Crippen LogP contribution is -2.54. The van der Waals surface area contributed by atoms with Crippen LogP contribution in [0.25, 0.3) is 6.08 Å². The molecule has 0 atom stereocenters. The molecule has 1 saturated heterocycles. The van der Waals surface area contributed by atoms with Gasteiger partial charge in [-0.05, 0) is 58.4 Å². The molecule has 0 spiro atoms. The van der Waals surface area contributed by atoms with Crippen LogP contribution in [0.2, 0.25) is 0 Å². The number of hydrogen-bond acceptors (Lipinski definition) is 4. The van der Waals surface area contributed by atoms with Crippen molar-refractivity contribution in [3.05, 3.63) is 56.5 Å². The summed E-state index contributed by atoms with van der Waals surface area (Å²) in [6.45, 7) is 0. The number of hydrogen-bond donors (Lipinski definition) is 1. The molecule has 0 radical (unpaired) electrons. The van der Waals surface area contributed by atoms with Gasteiger partial charge in [0.2, 0.25) is 0 Å². The summed E-state index contributed by atoms with van der Waals surface area (Å²) >= 11 is 4.64. The number of imide groups is 2. The average Bonchev–Trinajstić information content (AvgIpc) is 2.91. The van der Waals surface area contributed by atoms with Gasteiger partial charge in [-0.25, -0.2) is 14.1 Å². The van der Waals surface area contributed by atoms with Crippen LogP contribution in [0.1, 0.15) is 4.88 Å². The Morgan fingerprint density at radius 3 is 2.39 bits per heavy atom. The van der Waals surface area contributed by atoms with Crippen LogP contribution in [0.15, 0.2) is 45.8 Å². The molecule has 2 heterocycles. The quantitative estimate of drug-likeness (QED) is 0.627. The first-order valence-electron chi connectivity index (χ1n) is 6.38. The monoisotopic (exact) mass is 394 g/mol. The van der Waals surface area contributed by atoms with Crippen LogP contribution in [0, 0.1) is 5.82 Å². The Kier molecular flexibility index (Phi) is 4.10. The molecular formula is C15H8BrFN2O3S. The number of carbonyl (C=O) groups is 3. The Labute approximate surface area is 142 Å². The minimum absolute atomic E-state index is 0.164. The number of benzene rings is 1. The van der Waals surface area contributed by atoms with Gasteiger partial charge >= 0.3 is 6.03 Å². The van der Waals surface area contributed by atoms with Gasteiger partial charge in [0.15, 0.2) is 0 Å². The minimum Gasteiger partial charge on any atom is -0.273 e. The molecule has 0 unspecified atom stereocenters. The zero-order valence-electron chi connectivity index (χ0n) is 11.4. The molecule has 1 aromatic carbocycles. The fourth-order valence-corrected chi connectivity index (χ4v) is 3.40. The second-order valence-electron chi connectivity index (χ2n) is 4.58. The first-order valence-corrected chi connectivity index (χ1v) is 7.99. The summed E-state index contributed by atoms with van der Waals surface area (Å²) in [6, 6.07) is 7.50. The first-order chi connectivity index (χ1) is 11.0. The number of anilines is 1. The number of amides is 4. The van der Waals surface area contributed by atoms with Gasteiger partial charge in [0.05, 0.1) is 9.47 Å². The van der Waals surface area contributed by atoms with Crippen molar-refractivity contribution in [1.29, 1.82) is 0 Å². The Bertz CT molecular complexity index is 845. The molecule has 23 heavy (non-hydrogen) atoms. The maximum atomic E-state index is 13.0. The number of barbiturate groups is 1. The van der Waals surface area contributed by atoms with Crippen molar-refractivity contribution >= 4 is 56.9 Å². The van der Waals surface area contributed by atoms with E-state index in [0.29, 0.717) is 4.88 Å². The number of halogens is 2. The number of rotatable bonds is 2. The predicted molar refractivity (Wildman–Crippen MR) is 87.4 cm³/mol. The third-order valence-electron chi connectivity index (χ3n) is 3.07. The van der Waals surface area contributed by atoms with E-state index in [4.69, 9.17) is 0 Å². The molecular weight excluding hydrogens is 387 g/mol. The van der Waals surface area contributed by atoms with Crippen LogP contribution in [0.5, 0.6) is 0 Å². The summed E-state index contributed by atoms with van der Waals surface area (Å²) < 4.78 is 13.9. The first kappa shape index (κ1) is 15.6. The summed E-state index contributed by atoms with van der Waals surface area (Å²) in [6.07, 6.45) is 1.41. The lowest BCUT2D eigenvalue weighted by molar-refractivity contribution is -0.122. The van der Waals surface area contributed by atoms with Gasteiger partial charge in [-0.2, -0.15) is 0 Å². The van der Waals surface area contributed by atoms with Gasteiger partial charge < -0.3 is 0 Å². The molecule has 116 valence electrons. The largest absolute Gasteiger partial charge is 0.335 e. The standard InChI is InChI=1S/C15H8BrFN2O3S/c16-12-6-5-10(23-12)7-11-13(20)18-15(22)19(14(11)21)9-3-1-8(17)2-4-9/h1-7H,(H,18,20,22)/b11-7-. The Hall–Kier alpha value is -2.32. The molecule has 1 aromatic heterocycles. The van der Waals surface area contributed by atoms with E-state index in [1.165, 1.54) is 29.5 Å². The van der Waals surface area contributed by atoms with Crippen molar-refractivity contribution in [2.45, 2.75) is 0 Å². The molecule has 5 nitrogen and oxygen atoms in total. The minimum atomic E-state index is -0.865. The SMILES string of the molecule is O=C1NC(=O)N(c2ccc(F)cc2)C(=O)/C1=C\c1ccc(Br)s1. The molecule has 1 aliphatic rings. The molecule has 2 aromatic rings. The third kappa shape index (κ3) is 3.08. The van der Waals surface area contributed by atoms with E-state index in [2.05, 4.69) is 21.2 Å². The highest BCUT2D eigenvalue weighted by Gasteiger charge is 2.36. The average molecular weight is 395 g/mol. The zero-order valence-corrected chi connectivity index (χ0v) is 13.8. The van der Waals surface area contributed by atoms with Crippen molar-refractivity contribution in [2.75, 3.05) is 4.90 Å². The van der Waals surface area contributed by atoms with Crippen LogP contribution in [-0.2, 0) is 9.59 Å². The van der Waals surface area contributed by atoms with E-state index in [-0.39, 0.29) is 11.3 Å². The summed E-state index contributed by atoms with van der Waals surface area (Å²) in [4.78, 5) is 37.9. The fourth-order valence-electron chi connectivity index (χ4n) is 2.03. The maximum absolute atomic E-state index is 13.0. The van der Waals surface area contributed by atoms with E-state index in [1.54, 1.807) is 12.1 Å². The van der Waals surface area contributed by atoms with Crippen molar-refractivity contribution in [1.82, 2.24) is 5.32 Å². The van der Waals surface area contributed by atoms with E-state index in [9.17, 15) is 18.8 Å². The van der Waals surface area contributed by atoms with Crippen LogP contribution in [0.3, 0.4) is 0 Å². The highest BCUT2D eigenvalue weighted by Crippen LogP contribution is 2.26. The van der Waals surface area contributed by atoms with Crippen LogP contribution in [0.4, 0.5) is 14.9 Å². The Balaban J connectivity index is 2.00. The maximum Gasteiger partial charge on any atom is 0.335 e. The second-order valence-corrected chi connectivity index (χ2v) is 7.07. The van der Waals surface area contributed by atoms with E-state index < -0.39 is 23.7 Å². The molecule has 1 N–H and O–H groups in total. The number of carbonyl (C=O) groups excluding carboxylic acids is 3. The number of nitrogens with one attached hydrogen (secondary N) is 1. The molecule has 0 aliphatic carbocycles. The van der Waals surface area contributed by atoms with Gasteiger partial charge in [-0.3, -0.25) is 14.9 Å². The third-order valence-corrected chi connectivity index (χ3v) is 4.64. The van der Waals surface area contributed by atoms with Crippen LogP contribution >= 0.6 is 27.3 Å². The second kappa shape index (κ2) is 6.05. The lowest BCUT2D eigenvalue weighted by Gasteiger charge is -2.26.